The van der Waals surface area contributed by atoms with Crippen molar-refractivity contribution < 1.29 is 13.6 Å². The van der Waals surface area contributed by atoms with Crippen LogP contribution in [-0.4, -0.2) is 31.1 Å². The van der Waals surface area contributed by atoms with Gasteiger partial charge in [0.05, 0.1) is 5.52 Å². The van der Waals surface area contributed by atoms with E-state index in [1.807, 2.05) is 32.9 Å². The van der Waals surface area contributed by atoms with Crippen LogP contribution in [0.1, 0.15) is 67.5 Å². The normalized spacial score (nSPS) is 14.1. The molecule has 0 aliphatic heterocycles. The molecule has 32 heavy (non-hydrogen) atoms. The number of pyridine rings is 1. The molecule has 3 heterocycles. The SMILES string of the molecule is CC(C)(C)c1nnc(C(=O)NCc2ccc(-c3ccnc4nc(C5CC5)[nH]c34)cc2F)o1. The van der Waals surface area contributed by atoms with Crippen molar-refractivity contribution in [2.75, 3.05) is 0 Å². The van der Waals surface area contributed by atoms with E-state index in [4.69, 9.17) is 4.42 Å². The summed E-state index contributed by atoms with van der Waals surface area (Å²) >= 11 is 0. The largest absolute Gasteiger partial charge is 0.416 e. The highest BCUT2D eigenvalue weighted by molar-refractivity contribution is 5.90. The number of fused-ring (bicyclic) bond motifs is 1. The summed E-state index contributed by atoms with van der Waals surface area (Å²) in [5, 5.41) is 10.3. The second-order valence-electron chi connectivity index (χ2n) is 9.10. The first-order chi connectivity index (χ1) is 15.3. The van der Waals surface area contributed by atoms with Crippen LogP contribution >= 0.6 is 0 Å². The third kappa shape index (κ3) is 3.86. The van der Waals surface area contributed by atoms with Crippen LogP contribution in [0.25, 0.3) is 22.3 Å². The van der Waals surface area contributed by atoms with Crippen molar-refractivity contribution >= 4 is 17.1 Å². The lowest BCUT2D eigenvalue weighted by molar-refractivity contribution is 0.0912. The molecule has 0 spiro atoms. The molecule has 8 nitrogen and oxygen atoms in total. The number of carbonyl (C=O) groups is 1. The number of carbonyl (C=O) groups excluding carboxylic acids is 1. The summed E-state index contributed by atoms with van der Waals surface area (Å²) in [7, 11) is 0. The summed E-state index contributed by atoms with van der Waals surface area (Å²) in [5.74, 6) is 0.670. The average molecular weight is 434 g/mol. The smallest absolute Gasteiger partial charge is 0.309 e. The predicted octanol–water partition coefficient (Wildman–Crippen LogP) is 4.25. The van der Waals surface area contributed by atoms with E-state index >= 15 is 0 Å². The summed E-state index contributed by atoms with van der Waals surface area (Å²) in [4.78, 5) is 24.6. The molecule has 0 unspecified atom stereocenters. The summed E-state index contributed by atoms with van der Waals surface area (Å²) in [5.41, 5.74) is 2.98. The van der Waals surface area contributed by atoms with Crippen molar-refractivity contribution in [3.63, 3.8) is 0 Å². The fraction of sp³-hybridized carbons (Fsp3) is 0.348. The minimum Gasteiger partial charge on any atom is -0.416 e. The maximum absolute atomic E-state index is 14.8. The number of hydrogen-bond acceptors (Lipinski definition) is 6. The van der Waals surface area contributed by atoms with Crippen LogP contribution in [0.4, 0.5) is 4.39 Å². The molecule has 1 aliphatic rings. The van der Waals surface area contributed by atoms with Crippen molar-refractivity contribution in [2.45, 2.75) is 51.5 Å². The van der Waals surface area contributed by atoms with E-state index in [1.165, 1.54) is 6.07 Å². The Balaban J connectivity index is 1.33. The van der Waals surface area contributed by atoms with Crippen LogP contribution in [0.3, 0.4) is 0 Å². The molecule has 0 saturated heterocycles. The lowest BCUT2D eigenvalue weighted by Gasteiger charge is -2.11. The molecule has 0 atom stereocenters. The van der Waals surface area contributed by atoms with E-state index in [9.17, 15) is 9.18 Å². The highest BCUT2D eigenvalue weighted by Crippen LogP contribution is 2.39. The molecule has 1 aliphatic carbocycles. The zero-order valence-corrected chi connectivity index (χ0v) is 18.1. The maximum Gasteiger partial charge on any atom is 0.309 e. The standard InChI is InChI=1S/C23H23FN6O2/c1-23(2,3)22-30-29-21(32-22)20(31)26-11-14-7-6-13(10-16(14)24)15-8-9-25-19-17(15)27-18(28-19)12-4-5-12/h6-10,12H,4-5,11H2,1-3H3,(H,26,31)(H,25,27,28). The number of rotatable bonds is 5. The van der Waals surface area contributed by atoms with Gasteiger partial charge in [0.1, 0.15) is 11.6 Å². The Morgan fingerprint density at radius 2 is 2.06 bits per heavy atom. The molecule has 0 radical (unpaired) electrons. The highest BCUT2D eigenvalue weighted by atomic mass is 19.1. The van der Waals surface area contributed by atoms with Gasteiger partial charge in [-0.05, 0) is 30.5 Å². The number of hydrogen-bond donors (Lipinski definition) is 2. The molecule has 164 valence electrons. The zero-order valence-electron chi connectivity index (χ0n) is 18.1. The van der Waals surface area contributed by atoms with E-state index in [0.29, 0.717) is 28.6 Å². The summed E-state index contributed by atoms with van der Waals surface area (Å²) < 4.78 is 20.3. The molecule has 4 aromatic rings. The van der Waals surface area contributed by atoms with Crippen molar-refractivity contribution in [3.05, 3.63) is 59.4 Å². The number of aromatic nitrogens is 5. The van der Waals surface area contributed by atoms with Crippen LogP contribution in [0.5, 0.6) is 0 Å². The quantitative estimate of drug-likeness (QED) is 0.486. The first-order valence-electron chi connectivity index (χ1n) is 10.5. The number of imidazole rings is 1. The highest BCUT2D eigenvalue weighted by Gasteiger charge is 2.27. The zero-order chi connectivity index (χ0) is 22.5. The van der Waals surface area contributed by atoms with Crippen LogP contribution in [0, 0.1) is 5.82 Å². The van der Waals surface area contributed by atoms with Gasteiger partial charge in [0.25, 0.3) is 0 Å². The number of nitrogens with zero attached hydrogens (tertiary/aromatic N) is 4. The topological polar surface area (TPSA) is 110 Å². The summed E-state index contributed by atoms with van der Waals surface area (Å²) in [6.07, 6.45) is 3.94. The number of amides is 1. The third-order valence-corrected chi connectivity index (χ3v) is 5.44. The van der Waals surface area contributed by atoms with Gasteiger partial charge in [0, 0.05) is 35.2 Å². The monoisotopic (exact) mass is 434 g/mol. The molecule has 1 saturated carbocycles. The first-order valence-corrected chi connectivity index (χ1v) is 10.5. The Labute approximate surface area is 183 Å². The van der Waals surface area contributed by atoms with Gasteiger partial charge in [0.15, 0.2) is 5.65 Å². The number of aromatic amines is 1. The first kappa shape index (κ1) is 20.3. The van der Waals surface area contributed by atoms with Gasteiger partial charge in [0.2, 0.25) is 5.89 Å². The Morgan fingerprint density at radius 3 is 2.75 bits per heavy atom. The van der Waals surface area contributed by atoms with Crippen LogP contribution in [0.15, 0.2) is 34.9 Å². The molecule has 1 aromatic carbocycles. The molecule has 2 N–H and O–H groups in total. The molecule has 9 heteroatoms. The minimum atomic E-state index is -0.544. The van der Waals surface area contributed by atoms with Gasteiger partial charge in [-0.25, -0.2) is 14.4 Å². The molecule has 0 bridgehead atoms. The van der Waals surface area contributed by atoms with Crippen molar-refractivity contribution in [3.8, 4) is 11.1 Å². The third-order valence-electron chi connectivity index (χ3n) is 5.44. The van der Waals surface area contributed by atoms with E-state index < -0.39 is 11.7 Å². The molecule has 1 amide bonds. The van der Waals surface area contributed by atoms with Crippen LogP contribution in [0.2, 0.25) is 0 Å². The fourth-order valence-corrected chi connectivity index (χ4v) is 3.45. The van der Waals surface area contributed by atoms with Gasteiger partial charge in [-0.2, -0.15) is 0 Å². The minimum absolute atomic E-state index is 0.000179. The molecule has 1 fully saturated rings. The van der Waals surface area contributed by atoms with E-state index in [-0.39, 0.29) is 17.9 Å². The van der Waals surface area contributed by atoms with E-state index in [2.05, 4.69) is 30.5 Å². The molecular formula is C23H23FN6O2. The Kier molecular flexibility index (Phi) is 4.76. The number of H-pyrrole nitrogens is 1. The average Bonchev–Trinajstić information content (AvgIpc) is 3.30. The molecule has 5 rings (SSSR count). The number of nitrogens with one attached hydrogen (secondary N) is 2. The lowest BCUT2D eigenvalue weighted by atomic mass is 9.97. The van der Waals surface area contributed by atoms with E-state index in [0.717, 1.165) is 29.7 Å². The van der Waals surface area contributed by atoms with Gasteiger partial charge in [-0.15, -0.1) is 10.2 Å². The Bertz CT molecular complexity index is 1320. The lowest BCUT2D eigenvalue weighted by Crippen LogP contribution is -2.23. The van der Waals surface area contributed by atoms with Gasteiger partial charge >= 0.3 is 11.8 Å². The maximum atomic E-state index is 14.8. The van der Waals surface area contributed by atoms with Crippen molar-refractivity contribution in [1.29, 1.82) is 0 Å². The summed E-state index contributed by atoms with van der Waals surface area (Å²) in [6.45, 7) is 5.73. The molecule has 3 aromatic heterocycles. The fourth-order valence-electron chi connectivity index (χ4n) is 3.45. The van der Waals surface area contributed by atoms with Crippen LogP contribution in [-0.2, 0) is 12.0 Å². The van der Waals surface area contributed by atoms with E-state index in [1.54, 1.807) is 12.3 Å². The number of halogens is 1. The predicted molar refractivity (Wildman–Crippen MR) is 115 cm³/mol. The summed E-state index contributed by atoms with van der Waals surface area (Å²) in [6, 6.07) is 6.78. The number of benzene rings is 1. The Morgan fingerprint density at radius 1 is 1.25 bits per heavy atom. The van der Waals surface area contributed by atoms with Gasteiger partial charge in [-0.1, -0.05) is 32.9 Å². The van der Waals surface area contributed by atoms with Gasteiger partial charge in [-0.3, -0.25) is 4.79 Å². The van der Waals surface area contributed by atoms with Gasteiger partial charge < -0.3 is 14.7 Å². The van der Waals surface area contributed by atoms with Crippen LogP contribution < -0.4 is 5.32 Å². The Hall–Kier alpha value is -3.62. The second kappa shape index (κ2) is 7.51. The molecular weight excluding hydrogens is 411 g/mol. The second-order valence-corrected chi connectivity index (χ2v) is 9.10. The van der Waals surface area contributed by atoms with Crippen molar-refractivity contribution in [2.24, 2.45) is 0 Å². The van der Waals surface area contributed by atoms with Crippen molar-refractivity contribution in [1.82, 2.24) is 30.5 Å².